The normalized spacial score (nSPS) is 19.9. The largest absolute Gasteiger partial charge is 0.373 e. The fourth-order valence-electron chi connectivity index (χ4n) is 2.83. The summed E-state index contributed by atoms with van der Waals surface area (Å²) in [5.41, 5.74) is 2.31. The van der Waals surface area contributed by atoms with Crippen molar-refractivity contribution < 1.29 is 14.3 Å². The number of carbonyl (C=O) groups is 1. The Hall–Kier alpha value is -1.72. The van der Waals surface area contributed by atoms with Crippen molar-refractivity contribution in [3.63, 3.8) is 0 Å². The number of hydrogen-bond donors (Lipinski definition) is 1. The average molecular weight is 394 g/mol. The molecule has 0 bridgehead atoms. The highest BCUT2D eigenvalue weighted by molar-refractivity contribution is 9.10. The van der Waals surface area contributed by atoms with E-state index < -0.39 is 18.0 Å². The summed E-state index contributed by atoms with van der Waals surface area (Å²) in [6.07, 6.45) is -0.640. The number of anilines is 1. The molecule has 0 saturated carbocycles. The SMILES string of the molecule is CC.Cc1cccc(C2CC(O)N(c3ccc(Br)c(F)c3)C2=O)c1. The Morgan fingerprint density at radius 3 is 2.54 bits per heavy atom. The molecule has 1 amide bonds. The number of carbonyl (C=O) groups excluding carboxylic acids is 1. The van der Waals surface area contributed by atoms with Crippen molar-refractivity contribution in [1.29, 1.82) is 0 Å². The quantitative estimate of drug-likeness (QED) is 0.798. The fourth-order valence-corrected chi connectivity index (χ4v) is 3.08. The Morgan fingerprint density at radius 2 is 1.92 bits per heavy atom. The number of benzene rings is 2. The lowest BCUT2D eigenvalue weighted by Gasteiger charge is -2.21. The molecule has 1 aliphatic heterocycles. The average Bonchev–Trinajstić information content (AvgIpc) is 2.87. The molecule has 0 spiro atoms. The standard InChI is InChI=1S/C17H15BrFNO2.C2H6/c1-10-3-2-4-11(7-10)13-9-16(21)20(17(13)22)12-5-6-14(18)15(19)8-12;1-2/h2-8,13,16,21H,9H2,1H3;1-2H3. The molecule has 5 heteroatoms. The Labute approximate surface area is 150 Å². The molecule has 2 unspecified atom stereocenters. The summed E-state index contributed by atoms with van der Waals surface area (Å²) in [7, 11) is 0. The van der Waals surface area contributed by atoms with Crippen LogP contribution in [0, 0.1) is 12.7 Å². The maximum Gasteiger partial charge on any atom is 0.236 e. The van der Waals surface area contributed by atoms with Crippen molar-refractivity contribution in [1.82, 2.24) is 0 Å². The molecule has 24 heavy (non-hydrogen) atoms. The first-order valence-electron chi connectivity index (χ1n) is 8.00. The van der Waals surface area contributed by atoms with Gasteiger partial charge in [0, 0.05) is 12.1 Å². The zero-order valence-corrected chi connectivity index (χ0v) is 15.5. The van der Waals surface area contributed by atoms with Crippen molar-refractivity contribution in [3.05, 3.63) is 63.9 Å². The summed E-state index contributed by atoms with van der Waals surface area (Å²) >= 11 is 3.08. The highest BCUT2D eigenvalue weighted by Gasteiger charge is 2.40. The second kappa shape index (κ2) is 7.90. The maximum atomic E-state index is 13.7. The summed E-state index contributed by atoms with van der Waals surface area (Å²) in [4.78, 5) is 13.9. The minimum Gasteiger partial charge on any atom is -0.373 e. The lowest BCUT2D eigenvalue weighted by atomic mass is 9.96. The Balaban J connectivity index is 0.00000100. The van der Waals surface area contributed by atoms with E-state index in [1.54, 1.807) is 6.07 Å². The fraction of sp³-hybridized carbons (Fsp3) is 0.316. The van der Waals surface area contributed by atoms with Crippen LogP contribution in [-0.4, -0.2) is 17.2 Å². The number of hydrogen-bond acceptors (Lipinski definition) is 2. The zero-order chi connectivity index (χ0) is 17.9. The number of aliphatic hydroxyl groups excluding tert-OH is 1. The second-order valence-electron chi connectivity index (χ2n) is 5.49. The van der Waals surface area contributed by atoms with Crippen molar-refractivity contribution in [2.45, 2.75) is 39.3 Å². The van der Waals surface area contributed by atoms with E-state index in [0.717, 1.165) is 11.1 Å². The molecular weight excluding hydrogens is 373 g/mol. The third kappa shape index (κ3) is 3.68. The summed E-state index contributed by atoms with van der Waals surface area (Å²) in [5.74, 6) is -1.07. The maximum absolute atomic E-state index is 13.7. The molecule has 0 radical (unpaired) electrons. The van der Waals surface area contributed by atoms with Gasteiger partial charge in [-0.25, -0.2) is 4.39 Å². The van der Waals surface area contributed by atoms with Gasteiger partial charge in [0.2, 0.25) is 5.91 Å². The van der Waals surface area contributed by atoms with Crippen LogP contribution in [0.2, 0.25) is 0 Å². The summed E-state index contributed by atoms with van der Waals surface area (Å²) in [6.45, 7) is 5.96. The van der Waals surface area contributed by atoms with E-state index in [2.05, 4.69) is 15.9 Å². The van der Waals surface area contributed by atoms with Crippen LogP contribution < -0.4 is 4.90 Å². The highest BCUT2D eigenvalue weighted by atomic mass is 79.9. The Morgan fingerprint density at radius 1 is 1.21 bits per heavy atom. The van der Waals surface area contributed by atoms with Gasteiger partial charge in [-0.2, -0.15) is 0 Å². The molecule has 128 valence electrons. The van der Waals surface area contributed by atoms with Gasteiger partial charge in [-0.15, -0.1) is 0 Å². The molecule has 1 aliphatic rings. The predicted molar refractivity (Wildman–Crippen MR) is 97.5 cm³/mol. The Kier molecular flexibility index (Phi) is 6.13. The van der Waals surface area contributed by atoms with Crippen molar-refractivity contribution in [3.8, 4) is 0 Å². The van der Waals surface area contributed by atoms with E-state index in [9.17, 15) is 14.3 Å². The monoisotopic (exact) mass is 393 g/mol. The van der Waals surface area contributed by atoms with E-state index in [1.807, 2.05) is 45.0 Å². The second-order valence-corrected chi connectivity index (χ2v) is 6.34. The first kappa shape index (κ1) is 18.6. The molecular formula is C19H21BrFNO2. The van der Waals surface area contributed by atoms with Gasteiger partial charge < -0.3 is 5.11 Å². The van der Waals surface area contributed by atoms with Crippen molar-refractivity contribution >= 4 is 27.5 Å². The number of nitrogens with zero attached hydrogens (tertiary/aromatic N) is 1. The minimum atomic E-state index is -0.946. The smallest absolute Gasteiger partial charge is 0.236 e. The van der Waals surface area contributed by atoms with Gasteiger partial charge in [-0.3, -0.25) is 9.69 Å². The third-order valence-electron chi connectivity index (χ3n) is 3.91. The highest BCUT2D eigenvalue weighted by Crippen LogP contribution is 2.36. The van der Waals surface area contributed by atoms with E-state index >= 15 is 0 Å². The first-order chi connectivity index (χ1) is 11.5. The molecule has 0 aromatic heterocycles. The van der Waals surface area contributed by atoms with Crippen LogP contribution in [0.3, 0.4) is 0 Å². The van der Waals surface area contributed by atoms with Crippen molar-refractivity contribution in [2.75, 3.05) is 4.90 Å². The van der Waals surface area contributed by atoms with E-state index in [4.69, 9.17) is 0 Å². The predicted octanol–water partition coefficient (Wildman–Crippen LogP) is 4.76. The van der Waals surface area contributed by atoms with E-state index in [1.165, 1.54) is 17.0 Å². The van der Waals surface area contributed by atoms with Gasteiger partial charge in [0.1, 0.15) is 12.0 Å². The summed E-state index contributed by atoms with van der Waals surface area (Å²) in [5, 5.41) is 10.2. The zero-order valence-electron chi connectivity index (χ0n) is 14.0. The number of aliphatic hydroxyl groups is 1. The van der Waals surface area contributed by atoms with Gasteiger partial charge in [0.15, 0.2) is 0 Å². The van der Waals surface area contributed by atoms with Crippen LogP contribution in [0.25, 0.3) is 0 Å². The molecule has 3 rings (SSSR count). The number of halogens is 2. The molecule has 0 aliphatic carbocycles. The minimum absolute atomic E-state index is 0.208. The van der Waals surface area contributed by atoms with Gasteiger partial charge in [0.05, 0.1) is 10.4 Å². The van der Waals surface area contributed by atoms with Gasteiger partial charge >= 0.3 is 0 Å². The summed E-state index contributed by atoms with van der Waals surface area (Å²) in [6, 6.07) is 12.1. The lowest BCUT2D eigenvalue weighted by molar-refractivity contribution is -0.118. The molecule has 1 heterocycles. The first-order valence-corrected chi connectivity index (χ1v) is 8.79. The molecule has 1 N–H and O–H groups in total. The molecule has 1 saturated heterocycles. The van der Waals surface area contributed by atoms with Gasteiger partial charge in [0.25, 0.3) is 0 Å². The van der Waals surface area contributed by atoms with Crippen LogP contribution in [0.5, 0.6) is 0 Å². The number of rotatable bonds is 2. The topological polar surface area (TPSA) is 40.5 Å². The number of amides is 1. The van der Waals surface area contributed by atoms with Crippen LogP contribution in [0.1, 0.15) is 37.3 Å². The number of aryl methyl sites for hydroxylation is 1. The van der Waals surface area contributed by atoms with Crippen LogP contribution >= 0.6 is 15.9 Å². The van der Waals surface area contributed by atoms with Crippen LogP contribution in [0.4, 0.5) is 10.1 Å². The molecule has 2 atom stereocenters. The van der Waals surface area contributed by atoms with E-state index in [0.29, 0.717) is 16.6 Å². The molecule has 2 aromatic rings. The molecule has 2 aromatic carbocycles. The van der Waals surface area contributed by atoms with Crippen molar-refractivity contribution in [2.24, 2.45) is 0 Å². The van der Waals surface area contributed by atoms with Gasteiger partial charge in [-0.05, 0) is 46.6 Å². The van der Waals surface area contributed by atoms with E-state index in [-0.39, 0.29) is 5.91 Å². The van der Waals surface area contributed by atoms with Crippen LogP contribution in [0.15, 0.2) is 46.9 Å². The van der Waals surface area contributed by atoms with Crippen LogP contribution in [-0.2, 0) is 4.79 Å². The molecule has 1 fully saturated rings. The molecule has 3 nitrogen and oxygen atoms in total. The lowest BCUT2D eigenvalue weighted by Crippen LogP contribution is -2.33. The third-order valence-corrected chi connectivity index (χ3v) is 4.55. The summed E-state index contributed by atoms with van der Waals surface area (Å²) < 4.78 is 14.0. The van der Waals surface area contributed by atoms with Gasteiger partial charge in [-0.1, -0.05) is 43.7 Å². The Bertz CT molecular complexity index is 735.